The molecule has 32 heavy (non-hydrogen) atoms. The van der Waals surface area contributed by atoms with E-state index in [1.807, 2.05) is 11.8 Å². The highest BCUT2D eigenvalue weighted by Crippen LogP contribution is 2.24. The zero-order valence-electron chi connectivity index (χ0n) is 17.4. The molecule has 0 radical (unpaired) electrons. The molecule has 4 rings (SSSR count). The highest BCUT2D eigenvalue weighted by molar-refractivity contribution is 5.66. The second-order valence-electron chi connectivity index (χ2n) is 7.32. The van der Waals surface area contributed by atoms with Gasteiger partial charge in [0, 0.05) is 44.6 Å². The summed E-state index contributed by atoms with van der Waals surface area (Å²) in [6, 6.07) is 7.86. The highest BCUT2D eigenvalue weighted by Gasteiger charge is 2.22. The zero-order chi connectivity index (χ0) is 22.5. The van der Waals surface area contributed by atoms with Gasteiger partial charge < -0.3 is 25.5 Å². The lowest BCUT2D eigenvalue weighted by atomic mass is 10.1. The van der Waals surface area contributed by atoms with Crippen molar-refractivity contribution in [2.45, 2.75) is 13.0 Å². The Morgan fingerprint density at radius 1 is 1.09 bits per heavy atom. The molecule has 166 valence electrons. The van der Waals surface area contributed by atoms with E-state index >= 15 is 0 Å². The van der Waals surface area contributed by atoms with Crippen LogP contribution in [0.2, 0.25) is 0 Å². The Morgan fingerprint density at radius 2 is 1.84 bits per heavy atom. The molecule has 11 heteroatoms. The van der Waals surface area contributed by atoms with Crippen LogP contribution in [0.4, 0.5) is 32.6 Å². The van der Waals surface area contributed by atoms with Gasteiger partial charge in [0.25, 0.3) is 0 Å². The Kier molecular flexibility index (Phi) is 6.24. The van der Waals surface area contributed by atoms with Crippen LogP contribution in [0, 0.1) is 5.82 Å². The van der Waals surface area contributed by atoms with Gasteiger partial charge in [0.1, 0.15) is 23.3 Å². The van der Waals surface area contributed by atoms with Crippen molar-refractivity contribution in [2.75, 3.05) is 41.7 Å². The predicted octanol–water partition coefficient (Wildman–Crippen LogP) is 3.12. The average molecular weight is 438 g/mol. The van der Waals surface area contributed by atoms with Crippen LogP contribution in [0.5, 0.6) is 0 Å². The number of carboxylic acid groups (broad SMARTS) is 1. The summed E-state index contributed by atoms with van der Waals surface area (Å²) in [6.07, 6.45) is 3.82. The number of nitrogens with zero attached hydrogens (tertiary/aromatic N) is 6. The van der Waals surface area contributed by atoms with Crippen molar-refractivity contribution in [3.8, 4) is 0 Å². The number of anilines is 4. The minimum absolute atomic E-state index is 0.168. The van der Waals surface area contributed by atoms with Crippen LogP contribution in [0.25, 0.3) is 0 Å². The van der Waals surface area contributed by atoms with Crippen molar-refractivity contribution in [1.29, 1.82) is 0 Å². The number of carbonyl (C=O) groups is 1. The van der Waals surface area contributed by atoms with Gasteiger partial charge in [0.2, 0.25) is 5.95 Å². The molecule has 1 aromatic carbocycles. The zero-order valence-corrected chi connectivity index (χ0v) is 17.4. The summed E-state index contributed by atoms with van der Waals surface area (Å²) in [4.78, 5) is 32.1. The van der Waals surface area contributed by atoms with Crippen LogP contribution >= 0.6 is 0 Å². The number of amides is 1. The lowest BCUT2D eigenvalue weighted by Crippen LogP contribution is -2.48. The van der Waals surface area contributed by atoms with Gasteiger partial charge >= 0.3 is 6.09 Å². The van der Waals surface area contributed by atoms with Gasteiger partial charge in [-0.3, -0.25) is 4.98 Å². The van der Waals surface area contributed by atoms with E-state index in [1.54, 1.807) is 36.8 Å². The maximum Gasteiger partial charge on any atom is 0.407 e. The quantitative estimate of drug-likeness (QED) is 0.533. The van der Waals surface area contributed by atoms with Gasteiger partial charge in [-0.2, -0.15) is 9.97 Å². The van der Waals surface area contributed by atoms with Crippen LogP contribution in [-0.4, -0.2) is 62.2 Å². The molecule has 1 atom stereocenters. The van der Waals surface area contributed by atoms with Crippen LogP contribution in [-0.2, 0) is 0 Å². The SMILES string of the molecule is C[C@H](Nc1nc(Nc2cnccn2)cc(N2CCN(C(=O)O)CC2)n1)c1ccc(F)cc1. The molecular formula is C21H23FN8O2. The fourth-order valence-electron chi connectivity index (χ4n) is 3.38. The summed E-state index contributed by atoms with van der Waals surface area (Å²) >= 11 is 0. The van der Waals surface area contributed by atoms with E-state index in [-0.39, 0.29) is 11.9 Å². The number of hydrogen-bond donors (Lipinski definition) is 3. The third-order valence-corrected chi connectivity index (χ3v) is 5.12. The van der Waals surface area contributed by atoms with E-state index in [0.29, 0.717) is 49.6 Å². The normalized spacial score (nSPS) is 14.7. The van der Waals surface area contributed by atoms with E-state index in [2.05, 4.69) is 30.6 Å². The largest absolute Gasteiger partial charge is 0.465 e. The second-order valence-corrected chi connectivity index (χ2v) is 7.32. The Bertz CT molecular complexity index is 1060. The first-order valence-corrected chi connectivity index (χ1v) is 10.1. The molecule has 2 aromatic heterocycles. The summed E-state index contributed by atoms with van der Waals surface area (Å²) in [7, 11) is 0. The monoisotopic (exact) mass is 438 g/mol. The second kappa shape index (κ2) is 9.41. The summed E-state index contributed by atoms with van der Waals surface area (Å²) < 4.78 is 13.3. The predicted molar refractivity (Wildman–Crippen MR) is 118 cm³/mol. The van der Waals surface area contributed by atoms with Gasteiger partial charge in [-0.1, -0.05) is 12.1 Å². The van der Waals surface area contributed by atoms with Crippen LogP contribution in [0.15, 0.2) is 48.9 Å². The minimum Gasteiger partial charge on any atom is -0.465 e. The molecule has 1 fully saturated rings. The Hall–Kier alpha value is -4.02. The smallest absolute Gasteiger partial charge is 0.407 e. The Balaban J connectivity index is 1.58. The molecule has 0 saturated carbocycles. The lowest BCUT2D eigenvalue weighted by molar-refractivity contribution is 0.142. The van der Waals surface area contributed by atoms with Gasteiger partial charge in [-0.15, -0.1) is 0 Å². The van der Waals surface area contributed by atoms with E-state index in [1.165, 1.54) is 17.0 Å². The van der Waals surface area contributed by atoms with Crippen LogP contribution in [0.3, 0.4) is 0 Å². The number of hydrogen-bond acceptors (Lipinski definition) is 8. The van der Waals surface area contributed by atoms with Gasteiger partial charge in [0.05, 0.1) is 12.2 Å². The van der Waals surface area contributed by atoms with Crippen molar-refractivity contribution in [1.82, 2.24) is 24.8 Å². The molecule has 1 saturated heterocycles. The maximum absolute atomic E-state index is 13.3. The third kappa shape index (κ3) is 5.17. The maximum atomic E-state index is 13.3. The summed E-state index contributed by atoms with van der Waals surface area (Å²) in [5.41, 5.74) is 0.888. The topological polar surface area (TPSA) is 119 Å². The molecule has 10 nitrogen and oxygen atoms in total. The number of piperazine rings is 1. The molecule has 0 unspecified atom stereocenters. The molecule has 1 amide bonds. The van der Waals surface area contributed by atoms with E-state index < -0.39 is 6.09 Å². The lowest BCUT2D eigenvalue weighted by Gasteiger charge is -2.34. The Morgan fingerprint density at radius 3 is 2.50 bits per heavy atom. The van der Waals surface area contributed by atoms with Gasteiger partial charge in [-0.05, 0) is 24.6 Å². The van der Waals surface area contributed by atoms with Crippen molar-refractivity contribution in [2.24, 2.45) is 0 Å². The van der Waals surface area contributed by atoms with E-state index in [9.17, 15) is 14.3 Å². The fourth-order valence-corrected chi connectivity index (χ4v) is 3.38. The van der Waals surface area contributed by atoms with Crippen molar-refractivity contribution in [3.05, 3.63) is 60.3 Å². The first-order chi connectivity index (χ1) is 15.5. The molecule has 0 spiro atoms. The Labute approximate surface area is 184 Å². The fraction of sp³-hybridized carbons (Fsp3) is 0.286. The standard InChI is InChI=1S/C21H23FN8O2/c1-14(15-2-4-16(22)5-3-15)25-20-27-17(26-18-13-23-6-7-24-18)12-19(28-20)29-8-10-30(11-9-29)21(31)32/h2-7,12-14H,8-11H2,1H3,(H,31,32)(H2,24,25,26,27,28)/t14-/m0/s1. The number of aromatic nitrogens is 4. The minimum atomic E-state index is -0.923. The first kappa shape index (κ1) is 21.2. The third-order valence-electron chi connectivity index (χ3n) is 5.12. The molecule has 1 aliphatic rings. The molecular weight excluding hydrogens is 415 g/mol. The van der Waals surface area contributed by atoms with Crippen LogP contribution < -0.4 is 15.5 Å². The number of nitrogens with one attached hydrogen (secondary N) is 2. The van der Waals surface area contributed by atoms with Crippen molar-refractivity contribution < 1.29 is 14.3 Å². The summed E-state index contributed by atoms with van der Waals surface area (Å²) in [6.45, 7) is 3.74. The summed E-state index contributed by atoms with van der Waals surface area (Å²) in [5.74, 6) is 1.79. The van der Waals surface area contributed by atoms with Gasteiger partial charge in [-0.25, -0.2) is 14.2 Å². The van der Waals surface area contributed by atoms with Crippen molar-refractivity contribution in [3.63, 3.8) is 0 Å². The molecule has 0 aliphatic carbocycles. The number of benzene rings is 1. The molecule has 3 N–H and O–H groups in total. The molecule has 3 aromatic rings. The van der Waals surface area contributed by atoms with Gasteiger partial charge in [0.15, 0.2) is 0 Å². The van der Waals surface area contributed by atoms with Crippen molar-refractivity contribution >= 4 is 29.5 Å². The molecule has 0 bridgehead atoms. The molecule has 1 aliphatic heterocycles. The number of halogens is 1. The average Bonchev–Trinajstić information content (AvgIpc) is 2.80. The van der Waals surface area contributed by atoms with E-state index in [0.717, 1.165) is 5.56 Å². The number of rotatable bonds is 6. The molecule has 3 heterocycles. The first-order valence-electron chi connectivity index (χ1n) is 10.1. The van der Waals surface area contributed by atoms with Crippen LogP contribution in [0.1, 0.15) is 18.5 Å². The highest BCUT2D eigenvalue weighted by atomic mass is 19.1. The summed E-state index contributed by atoms with van der Waals surface area (Å²) in [5, 5.41) is 15.6. The van der Waals surface area contributed by atoms with E-state index in [4.69, 9.17) is 0 Å².